The van der Waals surface area contributed by atoms with Gasteiger partial charge in [-0.1, -0.05) is 37.8 Å². The number of para-hydroxylation sites is 2. The van der Waals surface area contributed by atoms with Crippen LogP contribution in [-0.4, -0.2) is 37.0 Å². The molecule has 0 unspecified atom stereocenters. The zero-order valence-electron chi connectivity index (χ0n) is 21.3. The van der Waals surface area contributed by atoms with Crippen molar-refractivity contribution in [3.05, 3.63) is 68.0 Å². The van der Waals surface area contributed by atoms with Gasteiger partial charge in [0.2, 0.25) is 0 Å². The van der Waals surface area contributed by atoms with Gasteiger partial charge in [0.1, 0.15) is 5.69 Å². The lowest BCUT2D eigenvalue weighted by atomic mass is 9.92. The number of rotatable bonds is 16. The molecule has 0 spiro atoms. The number of aromatic amines is 1. The maximum Gasteiger partial charge on any atom is 0.303 e. The lowest BCUT2D eigenvalue weighted by Crippen LogP contribution is -2.12. The van der Waals surface area contributed by atoms with Crippen molar-refractivity contribution in [1.82, 2.24) is 9.97 Å². The topological polar surface area (TPSA) is 163 Å². The Kier molecular flexibility index (Phi) is 10.5. The zero-order chi connectivity index (χ0) is 27.5. The zero-order valence-corrected chi connectivity index (χ0v) is 21.3. The number of fused-ring (bicyclic) bond motifs is 1. The summed E-state index contributed by atoms with van der Waals surface area (Å²) >= 11 is 0. The molecule has 3 rings (SSSR count). The first kappa shape index (κ1) is 28.5. The lowest BCUT2D eigenvalue weighted by molar-refractivity contribution is -0.385. The van der Waals surface area contributed by atoms with Crippen LogP contribution < -0.4 is 5.56 Å². The average molecular weight is 524 g/mol. The van der Waals surface area contributed by atoms with E-state index in [0.29, 0.717) is 54.3 Å². The van der Waals surface area contributed by atoms with Crippen LogP contribution in [0.2, 0.25) is 0 Å². The molecule has 0 atom stereocenters. The highest BCUT2D eigenvalue weighted by molar-refractivity contribution is 5.77. The van der Waals surface area contributed by atoms with E-state index in [-0.39, 0.29) is 24.2 Å². The first-order valence-corrected chi connectivity index (χ1v) is 13.0. The Balaban J connectivity index is 1.89. The van der Waals surface area contributed by atoms with Crippen LogP contribution in [0, 0.1) is 10.1 Å². The number of carbonyl (C=O) groups is 2. The third-order valence-electron chi connectivity index (χ3n) is 6.54. The number of nitro benzene ring substituents is 1. The fourth-order valence-corrected chi connectivity index (χ4v) is 4.63. The van der Waals surface area contributed by atoms with E-state index in [1.165, 1.54) is 6.07 Å². The van der Waals surface area contributed by atoms with Crippen LogP contribution >= 0.6 is 0 Å². The number of aromatic nitrogens is 2. The van der Waals surface area contributed by atoms with Crippen molar-refractivity contribution in [1.29, 1.82) is 0 Å². The van der Waals surface area contributed by atoms with Crippen molar-refractivity contribution in [2.45, 2.75) is 77.0 Å². The summed E-state index contributed by atoms with van der Waals surface area (Å²) in [6.07, 6.45) is 6.83. The number of nitro groups is 1. The number of aryl methyl sites for hydroxylation is 1. The van der Waals surface area contributed by atoms with E-state index in [2.05, 4.69) is 9.97 Å². The van der Waals surface area contributed by atoms with Crippen molar-refractivity contribution in [2.75, 3.05) is 0 Å². The second-order valence-electron chi connectivity index (χ2n) is 9.44. The lowest BCUT2D eigenvalue weighted by Gasteiger charge is -2.13. The first-order chi connectivity index (χ1) is 18.3. The van der Waals surface area contributed by atoms with Crippen LogP contribution in [0.5, 0.6) is 0 Å². The quantitative estimate of drug-likeness (QED) is 0.123. The van der Waals surface area contributed by atoms with Gasteiger partial charge in [0.25, 0.3) is 11.2 Å². The van der Waals surface area contributed by atoms with Gasteiger partial charge in [-0.25, -0.2) is 4.98 Å². The highest BCUT2D eigenvalue weighted by atomic mass is 16.6. The molecular formula is C28H33N3O7. The van der Waals surface area contributed by atoms with E-state index in [0.717, 1.165) is 37.7 Å². The molecule has 0 radical (unpaired) electrons. The molecule has 0 aliphatic rings. The Morgan fingerprint density at radius 3 is 2.11 bits per heavy atom. The summed E-state index contributed by atoms with van der Waals surface area (Å²) in [5.41, 5.74) is 2.59. The van der Waals surface area contributed by atoms with E-state index in [1.54, 1.807) is 24.3 Å². The normalized spacial score (nSPS) is 11.1. The third-order valence-corrected chi connectivity index (χ3v) is 6.54. The minimum atomic E-state index is -0.834. The van der Waals surface area contributed by atoms with Crippen molar-refractivity contribution in [2.24, 2.45) is 0 Å². The van der Waals surface area contributed by atoms with Crippen molar-refractivity contribution in [3.63, 3.8) is 0 Å². The van der Waals surface area contributed by atoms with Gasteiger partial charge in [0, 0.05) is 30.0 Å². The number of nitrogens with zero attached hydrogens (tertiary/aromatic N) is 2. The summed E-state index contributed by atoms with van der Waals surface area (Å²) in [4.78, 5) is 53.3. The summed E-state index contributed by atoms with van der Waals surface area (Å²) < 4.78 is 0. The molecule has 1 aromatic heterocycles. The van der Waals surface area contributed by atoms with Gasteiger partial charge in [0.05, 0.1) is 16.0 Å². The number of carboxylic acids is 2. The molecule has 202 valence electrons. The Morgan fingerprint density at radius 1 is 0.868 bits per heavy atom. The van der Waals surface area contributed by atoms with Crippen molar-refractivity contribution < 1.29 is 24.7 Å². The standard InChI is InChI=1S/C28H33N3O7/c32-25(33)15-7-3-1-5-11-19-17-20(27-28(36)30-23-14-10-9-13-22(23)29-27)18-24(31(37)38)21(19)12-6-2-4-8-16-26(34)35/h9-10,13-14,17-18H,1-8,11-12,15-16H2,(H,30,36)(H,32,33)(H,34,35). The SMILES string of the molecule is O=C(O)CCCCCCc1cc(-c2nc3ccccc3[nH]c2=O)cc([N+](=O)[O-])c1CCCCCCC(=O)O. The summed E-state index contributed by atoms with van der Waals surface area (Å²) in [5, 5.41) is 29.8. The molecule has 0 saturated carbocycles. The summed E-state index contributed by atoms with van der Waals surface area (Å²) in [5.74, 6) is -1.66. The van der Waals surface area contributed by atoms with Gasteiger partial charge in [-0.15, -0.1) is 0 Å². The molecular weight excluding hydrogens is 490 g/mol. The average Bonchev–Trinajstić information content (AvgIpc) is 2.87. The number of hydrogen-bond acceptors (Lipinski definition) is 6. The summed E-state index contributed by atoms with van der Waals surface area (Å²) in [6, 6.07) is 10.3. The van der Waals surface area contributed by atoms with Gasteiger partial charge in [0.15, 0.2) is 0 Å². The van der Waals surface area contributed by atoms with E-state index in [1.807, 2.05) is 6.07 Å². The number of benzene rings is 2. The Hall–Kier alpha value is -4.08. The van der Waals surface area contributed by atoms with E-state index >= 15 is 0 Å². The number of H-pyrrole nitrogens is 1. The molecule has 0 bridgehead atoms. The summed E-state index contributed by atoms with van der Waals surface area (Å²) in [7, 11) is 0. The molecule has 3 aromatic rings. The van der Waals surface area contributed by atoms with Crippen LogP contribution in [0.4, 0.5) is 5.69 Å². The molecule has 38 heavy (non-hydrogen) atoms. The maximum atomic E-state index is 12.8. The van der Waals surface area contributed by atoms with Gasteiger partial charge < -0.3 is 15.2 Å². The van der Waals surface area contributed by atoms with Gasteiger partial charge in [-0.2, -0.15) is 0 Å². The minimum absolute atomic E-state index is 0.0525. The van der Waals surface area contributed by atoms with Gasteiger partial charge >= 0.3 is 11.9 Å². The molecule has 2 aromatic carbocycles. The van der Waals surface area contributed by atoms with E-state index in [9.17, 15) is 24.5 Å². The molecule has 0 aliphatic carbocycles. The first-order valence-electron chi connectivity index (χ1n) is 13.0. The van der Waals surface area contributed by atoms with E-state index < -0.39 is 22.4 Å². The van der Waals surface area contributed by atoms with Crippen LogP contribution in [0.15, 0.2) is 41.2 Å². The molecule has 3 N–H and O–H groups in total. The highest BCUT2D eigenvalue weighted by Crippen LogP contribution is 2.32. The Labute approximate surface area is 219 Å². The molecule has 10 nitrogen and oxygen atoms in total. The number of carboxylic acid groups (broad SMARTS) is 2. The number of unbranched alkanes of at least 4 members (excludes halogenated alkanes) is 6. The van der Waals surface area contributed by atoms with Crippen LogP contribution in [0.1, 0.15) is 75.3 Å². The predicted octanol–water partition coefficient (Wildman–Crippen LogP) is 5.65. The fraction of sp³-hybridized carbons (Fsp3) is 0.429. The number of aliphatic carboxylic acids is 2. The van der Waals surface area contributed by atoms with Crippen molar-refractivity contribution in [3.8, 4) is 11.3 Å². The molecule has 0 fully saturated rings. The molecule has 1 heterocycles. The number of nitrogens with one attached hydrogen (secondary N) is 1. The summed E-state index contributed by atoms with van der Waals surface area (Å²) in [6.45, 7) is 0. The molecule has 0 aliphatic heterocycles. The minimum Gasteiger partial charge on any atom is -0.481 e. The largest absolute Gasteiger partial charge is 0.481 e. The van der Waals surface area contributed by atoms with Gasteiger partial charge in [-0.05, 0) is 62.3 Å². The van der Waals surface area contributed by atoms with Crippen LogP contribution in [-0.2, 0) is 22.4 Å². The van der Waals surface area contributed by atoms with Crippen molar-refractivity contribution >= 4 is 28.7 Å². The fourth-order valence-electron chi connectivity index (χ4n) is 4.63. The highest BCUT2D eigenvalue weighted by Gasteiger charge is 2.22. The smallest absolute Gasteiger partial charge is 0.303 e. The predicted molar refractivity (Wildman–Crippen MR) is 143 cm³/mol. The van der Waals surface area contributed by atoms with Crippen LogP contribution in [0.25, 0.3) is 22.3 Å². The molecule has 0 saturated heterocycles. The third kappa shape index (κ3) is 8.22. The second-order valence-corrected chi connectivity index (χ2v) is 9.44. The maximum absolute atomic E-state index is 12.8. The number of hydrogen-bond donors (Lipinski definition) is 3. The van der Waals surface area contributed by atoms with Gasteiger partial charge in [-0.3, -0.25) is 24.5 Å². The monoisotopic (exact) mass is 523 g/mol. The molecule has 0 amide bonds. The Bertz CT molecular complexity index is 1350. The van der Waals surface area contributed by atoms with Crippen LogP contribution in [0.3, 0.4) is 0 Å². The van der Waals surface area contributed by atoms with E-state index in [4.69, 9.17) is 10.2 Å². The second kappa shape index (κ2) is 14.0. The Morgan fingerprint density at radius 2 is 1.47 bits per heavy atom. The molecule has 10 heteroatoms.